The van der Waals surface area contributed by atoms with Crippen molar-refractivity contribution in [2.45, 2.75) is 64.6 Å². The van der Waals surface area contributed by atoms with Crippen LogP contribution in [-0.4, -0.2) is 26.4 Å². The second kappa shape index (κ2) is 8.35. The molecule has 0 aliphatic rings. The summed E-state index contributed by atoms with van der Waals surface area (Å²) in [6.45, 7) is 9.71. The molecule has 1 N–H and O–H groups in total. The van der Waals surface area contributed by atoms with Gasteiger partial charge in [-0.2, -0.15) is 0 Å². The van der Waals surface area contributed by atoms with Crippen molar-refractivity contribution in [1.29, 1.82) is 0 Å². The van der Waals surface area contributed by atoms with Crippen molar-refractivity contribution < 1.29 is 9.90 Å². The molecule has 0 fully saturated rings. The fraction of sp³-hybridized carbons (Fsp3) is 0.733. The zero-order valence-corrected chi connectivity index (χ0v) is 13.7. The van der Waals surface area contributed by atoms with E-state index in [9.17, 15) is 4.79 Å². The van der Waals surface area contributed by atoms with Crippen molar-refractivity contribution in [2.24, 2.45) is 5.92 Å². The van der Waals surface area contributed by atoms with Gasteiger partial charge in [0.25, 0.3) is 0 Å². The summed E-state index contributed by atoms with van der Waals surface area (Å²) in [5.74, 6) is 0.422. The summed E-state index contributed by atoms with van der Waals surface area (Å²) in [4.78, 5) is 15.1. The minimum atomic E-state index is -0.796. The third-order valence-electron chi connectivity index (χ3n) is 3.18. The van der Waals surface area contributed by atoms with Crippen LogP contribution in [0.1, 0.15) is 58.6 Å². The lowest BCUT2D eigenvalue weighted by molar-refractivity contribution is -0.133. The summed E-state index contributed by atoms with van der Waals surface area (Å²) >= 11 is 1.31. The van der Waals surface area contributed by atoms with E-state index in [0.29, 0.717) is 5.92 Å². The van der Waals surface area contributed by atoms with Crippen molar-refractivity contribution in [3.05, 3.63) is 11.9 Å². The van der Waals surface area contributed by atoms with Crippen LogP contribution in [0.3, 0.4) is 0 Å². The SMILES string of the molecule is CC(C)CCCCn1c(C(C)C)cnc1SCC(=O)O. The molecule has 0 amide bonds. The number of unbranched alkanes of at least 4 members (excludes halogenated alkanes) is 1. The standard InChI is InChI=1S/C15H26N2O2S/c1-11(2)7-5-6-8-17-13(12(3)4)9-16-15(17)20-10-14(18)19/h9,11-12H,5-8,10H2,1-4H3,(H,18,19). The van der Waals surface area contributed by atoms with Crippen molar-refractivity contribution in [1.82, 2.24) is 9.55 Å². The van der Waals surface area contributed by atoms with Gasteiger partial charge in [-0.25, -0.2) is 4.98 Å². The molecular weight excluding hydrogens is 272 g/mol. The number of aliphatic carboxylic acids is 1. The molecule has 0 spiro atoms. The maximum Gasteiger partial charge on any atom is 0.313 e. The molecule has 0 bridgehead atoms. The van der Waals surface area contributed by atoms with Crippen LogP contribution >= 0.6 is 11.8 Å². The summed E-state index contributed by atoms with van der Waals surface area (Å²) in [6.07, 6.45) is 5.45. The first-order valence-electron chi connectivity index (χ1n) is 7.31. The molecule has 20 heavy (non-hydrogen) atoms. The number of thioether (sulfide) groups is 1. The van der Waals surface area contributed by atoms with Gasteiger partial charge in [-0.15, -0.1) is 0 Å². The van der Waals surface area contributed by atoms with Gasteiger partial charge in [0.05, 0.1) is 5.75 Å². The van der Waals surface area contributed by atoms with Crippen molar-refractivity contribution in [2.75, 3.05) is 5.75 Å². The summed E-state index contributed by atoms with van der Waals surface area (Å²) in [7, 11) is 0. The average molecular weight is 298 g/mol. The largest absolute Gasteiger partial charge is 0.481 e. The Morgan fingerprint density at radius 1 is 1.35 bits per heavy atom. The molecule has 0 unspecified atom stereocenters. The van der Waals surface area contributed by atoms with Crippen LogP contribution < -0.4 is 0 Å². The first-order chi connectivity index (χ1) is 9.41. The molecule has 0 saturated heterocycles. The van der Waals surface area contributed by atoms with Crippen LogP contribution in [0, 0.1) is 5.92 Å². The van der Waals surface area contributed by atoms with Crippen LogP contribution in [0.5, 0.6) is 0 Å². The van der Waals surface area contributed by atoms with Gasteiger partial charge in [-0.3, -0.25) is 4.79 Å². The topological polar surface area (TPSA) is 55.1 Å². The Balaban J connectivity index is 2.67. The van der Waals surface area contributed by atoms with Gasteiger partial charge in [0.1, 0.15) is 0 Å². The molecule has 4 nitrogen and oxygen atoms in total. The maximum atomic E-state index is 10.7. The second-order valence-corrected chi connectivity index (χ2v) is 6.79. The number of imidazole rings is 1. The van der Waals surface area contributed by atoms with E-state index in [1.807, 2.05) is 6.20 Å². The summed E-state index contributed by atoms with van der Waals surface area (Å²) in [5, 5.41) is 9.63. The minimum Gasteiger partial charge on any atom is -0.481 e. The Kier molecular flexibility index (Phi) is 7.13. The van der Waals surface area contributed by atoms with Gasteiger partial charge >= 0.3 is 5.97 Å². The molecule has 5 heteroatoms. The van der Waals surface area contributed by atoms with E-state index in [-0.39, 0.29) is 5.75 Å². The summed E-state index contributed by atoms with van der Waals surface area (Å²) in [6, 6.07) is 0. The Labute approximate surface area is 126 Å². The first kappa shape index (κ1) is 17.1. The number of carboxylic acid groups (broad SMARTS) is 1. The number of aromatic nitrogens is 2. The zero-order chi connectivity index (χ0) is 15.1. The fourth-order valence-electron chi connectivity index (χ4n) is 2.12. The third kappa shape index (κ3) is 5.57. The van der Waals surface area contributed by atoms with E-state index >= 15 is 0 Å². The first-order valence-corrected chi connectivity index (χ1v) is 8.30. The smallest absolute Gasteiger partial charge is 0.313 e. The highest BCUT2D eigenvalue weighted by Crippen LogP contribution is 2.24. The van der Waals surface area contributed by atoms with Crippen LogP contribution in [-0.2, 0) is 11.3 Å². The number of rotatable bonds is 9. The predicted molar refractivity (Wildman–Crippen MR) is 83.4 cm³/mol. The van der Waals surface area contributed by atoms with E-state index in [2.05, 4.69) is 37.2 Å². The van der Waals surface area contributed by atoms with Gasteiger partial charge in [-0.05, 0) is 18.3 Å². The maximum absolute atomic E-state index is 10.7. The highest BCUT2D eigenvalue weighted by Gasteiger charge is 2.14. The normalized spacial score (nSPS) is 11.5. The molecule has 0 radical (unpaired) electrons. The molecule has 1 heterocycles. The lowest BCUT2D eigenvalue weighted by Crippen LogP contribution is -2.08. The molecule has 0 saturated carbocycles. The molecule has 1 rings (SSSR count). The molecule has 114 valence electrons. The van der Waals surface area contributed by atoms with E-state index < -0.39 is 5.97 Å². The summed E-state index contributed by atoms with van der Waals surface area (Å²) in [5.41, 5.74) is 1.20. The second-order valence-electron chi connectivity index (χ2n) is 5.84. The van der Waals surface area contributed by atoms with Crippen molar-refractivity contribution in [3.63, 3.8) is 0 Å². The Morgan fingerprint density at radius 2 is 2.05 bits per heavy atom. The molecule has 1 aromatic rings. The van der Waals surface area contributed by atoms with Gasteiger partial charge in [0.2, 0.25) is 0 Å². The van der Waals surface area contributed by atoms with Crippen LogP contribution in [0.25, 0.3) is 0 Å². The van der Waals surface area contributed by atoms with E-state index in [1.165, 1.54) is 30.3 Å². The Hall–Kier alpha value is -0.970. The lowest BCUT2D eigenvalue weighted by Gasteiger charge is -2.14. The third-order valence-corrected chi connectivity index (χ3v) is 4.15. The van der Waals surface area contributed by atoms with Gasteiger partial charge in [-0.1, -0.05) is 52.3 Å². The van der Waals surface area contributed by atoms with Crippen molar-refractivity contribution >= 4 is 17.7 Å². The van der Waals surface area contributed by atoms with Gasteiger partial charge in [0.15, 0.2) is 5.16 Å². The van der Waals surface area contributed by atoms with Crippen LogP contribution in [0.15, 0.2) is 11.4 Å². The molecule has 0 aromatic carbocycles. The molecular formula is C15H26N2O2S. The fourth-order valence-corrected chi connectivity index (χ4v) is 2.85. The van der Waals surface area contributed by atoms with E-state index in [4.69, 9.17) is 5.11 Å². The highest BCUT2D eigenvalue weighted by atomic mass is 32.2. The van der Waals surface area contributed by atoms with E-state index in [1.54, 1.807) is 0 Å². The quantitative estimate of drug-likeness (QED) is 0.553. The number of hydrogen-bond donors (Lipinski definition) is 1. The summed E-state index contributed by atoms with van der Waals surface area (Å²) < 4.78 is 2.19. The van der Waals surface area contributed by atoms with Crippen molar-refractivity contribution in [3.8, 4) is 0 Å². The number of carbonyl (C=O) groups is 1. The number of nitrogens with zero attached hydrogens (tertiary/aromatic N) is 2. The minimum absolute atomic E-state index is 0.0700. The van der Waals surface area contributed by atoms with Gasteiger partial charge < -0.3 is 9.67 Å². The van der Waals surface area contributed by atoms with E-state index in [0.717, 1.165) is 24.0 Å². The molecule has 1 aromatic heterocycles. The molecule has 0 atom stereocenters. The highest BCUT2D eigenvalue weighted by molar-refractivity contribution is 7.99. The average Bonchev–Trinajstić information content (AvgIpc) is 2.75. The molecule has 0 aliphatic heterocycles. The number of carboxylic acids is 1. The monoisotopic (exact) mass is 298 g/mol. The molecule has 0 aliphatic carbocycles. The number of hydrogen-bond acceptors (Lipinski definition) is 3. The lowest BCUT2D eigenvalue weighted by atomic mass is 10.1. The van der Waals surface area contributed by atoms with Gasteiger partial charge in [0, 0.05) is 18.4 Å². The Bertz CT molecular complexity index is 428. The Morgan fingerprint density at radius 3 is 2.60 bits per heavy atom. The van der Waals surface area contributed by atoms with Crippen LogP contribution in [0.4, 0.5) is 0 Å². The predicted octanol–water partition coefficient (Wildman–Crippen LogP) is 4.01. The van der Waals surface area contributed by atoms with Crippen LogP contribution in [0.2, 0.25) is 0 Å². The zero-order valence-electron chi connectivity index (χ0n) is 12.9.